The second-order valence-electron chi connectivity index (χ2n) is 5.97. The second kappa shape index (κ2) is 7.47. The van der Waals surface area contributed by atoms with Crippen LogP contribution in [0.1, 0.15) is 22.3 Å². The van der Waals surface area contributed by atoms with Gasteiger partial charge >= 0.3 is 0 Å². The van der Waals surface area contributed by atoms with Gasteiger partial charge in [-0.1, -0.05) is 6.07 Å². The number of methoxy groups -OCH3 is 3. The van der Waals surface area contributed by atoms with Crippen LogP contribution in [0.4, 0.5) is 5.69 Å². The highest BCUT2D eigenvalue weighted by Gasteiger charge is 2.27. The summed E-state index contributed by atoms with van der Waals surface area (Å²) >= 11 is 0. The van der Waals surface area contributed by atoms with Gasteiger partial charge < -0.3 is 19.1 Å². The molecule has 0 N–H and O–H groups in total. The van der Waals surface area contributed by atoms with Gasteiger partial charge in [0, 0.05) is 18.5 Å². The summed E-state index contributed by atoms with van der Waals surface area (Å²) < 4.78 is 15.7. The molecule has 0 aliphatic carbocycles. The number of fused-ring (bicyclic) bond motifs is 1. The molecule has 1 aliphatic heterocycles. The van der Waals surface area contributed by atoms with Crippen molar-refractivity contribution in [1.82, 2.24) is 0 Å². The van der Waals surface area contributed by atoms with E-state index in [2.05, 4.69) is 0 Å². The summed E-state index contributed by atoms with van der Waals surface area (Å²) in [5, 5.41) is 0. The minimum absolute atomic E-state index is 0.0223. The Hall–Kier alpha value is -3.02. The van der Waals surface area contributed by atoms with Crippen LogP contribution in [0.15, 0.2) is 36.4 Å². The molecule has 0 aromatic heterocycles. The van der Waals surface area contributed by atoms with E-state index in [1.54, 1.807) is 56.6 Å². The topological polar surface area (TPSA) is 65.1 Å². The van der Waals surface area contributed by atoms with Gasteiger partial charge in [-0.2, -0.15) is 0 Å². The SMILES string of the molecule is COc1ccc2c(c1)C(=O)CCN2C(=O)Cc1ccc(OC)c(OC)c1. The summed E-state index contributed by atoms with van der Waals surface area (Å²) in [4.78, 5) is 26.7. The highest BCUT2D eigenvalue weighted by atomic mass is 16.5. The van der Waals surface area contributed by atoms with E-state index in [1.165, 1.54) is 0 Å². The average molecular weight is 355 g/mol. The molecule has 0 spiro atoms. The monoisotopic (exact) mass is 355 g/mol. The van der Waals surface area contributed by atoms with Gasteiger partial charge in [-0.3, -0.25) is 9.59 Å². The van der Waals surface area contributed by atoms with Crippen LogP contribution in [0.2, 0.25) is 0 Å². The predicted molar refractivity (Wildman–Crippen MR) is 97.5 cm³/mol. The van der Waals surface area contributed by atoms with E-state index < -0.39 is 0 Å². The number of hydrogen-bond acceptors (Lipinski definition) is 5. The fourth-order valence-corrected chi connectivity index (χ4v) is 3.09. The second-order valence-corrected chi connectivity index (χ2v) is 5.97. The number of carbonyl (C=O) groups is 2. The van der Waals surface area contributed by atoms with E-state index >= 15 is 0 Å². The smallest absolute Gasteiger partial charge is 0.231 e. The maximum Gasteiger partial charge on any atom is 0.231 e. The van der Waals surface area contributed by atoms with Crippen LogP contribution in [0.25, 0.3) is 0 Å². The lowest BCUT2D eigenvalue weighted by molar-refractivity contribution is -0.118. The first-order valence-electron chi connectivity index (χ1n) is 8.30. The van der Waals surface area contributed by atoms with E-state index in [4.69, 9.17) is 14.2 Å². The van der Waals surface area contributed by atoms with Crippen molar-refractivity contribution < 1.29 is 23.8 Å². The van der Waals surface area contributed by atoms with Crippen molar-refractivity contribution in [1.29, 1.82) is 0 Å². The Bertz CT molecular complexity index is 846. The molecule has 2 aromatic carbocycles. The number of Topliss-reactive ketones (excluding diaryl/α,β-unsaturated/α-hetero) is 1. The third kappa shape index (κ3) is 3.35. The molecule has 0 saturated heterocycles. The van der Waals surface area contributed by atoms with E-state index in [9.17, 15) is 9.59 Å². The van der Waals surface area contributed by atoms with E-state index in [1.807, 2.05) is 6.07 Å². The summed E-state index contributed by atoms with van der Waals surface area (Å²) in [6.45, 7) is 0.379. The highest BCUT2D eigenvalue weighted by Crippen LogP contribution is 2.32. The summed E-state index contributed by atoms with van der Waals surface area (Å²) in [6, 6.07) is 10.6. The summed E-state index contributed by atoms with van der Waals surface area (Å²) in [5.74, 6) is 1.75. The van der Waals surface area contributed by atoms with Gasteiger partial charge in [0.2, 0.25) is 5.91 Å². The van der Waals surface area contributed by atoms with Crippen molar-refractivity contribution in [3.8, 4) is 17.2 Å². The number of rotatable bonds is 5. The first-order chi connectivity index (χ1) is 12.6. The Morgan fingerprint density at radius 3 is 2.46 bits per heavy atom. The van der Waals surface area contributed by atoms with E-state index in [0.717, 1.165) is 5.56 Å². The Labute approximate surface area is 152 Å². The number of ketones is 1. The molecule has 0 fully saturated rings. The Kier molecular flexibility index (Phi) is 5.11. The van der Waals surface area contributed by atoms with Crippen LogP contribution in [-0.2, 0) is 11.2 Å². The normalized spacial score (nSPS) is 13.2. The molecule has 0 unspecified atom stereocenters. The van der Waals surface area contributed by atoms with E-state index in [0.29, 0.717) is 41.5 Å². The van der Waals surface area contributed by atoms with Crippen LogP contribution in [0, 0.1) is 0 Å². The fraction of sp³-hybridized carbons (Fsp3) is 0.300. The van der Waals surface area contributed by atoms with Crippen molar-refractivity contribution in [2.24, 2.45) is 0 Å². The molecule has 3 rings (SSSR count). The van der Waals surface area contributed by atoms with Crippen molar-refractivity contribution in [2.45, 2.75) is 12.8 Å². The van der Waals surface area contributed by atoms with Crippen LogP contribution in [0.3, 0.4) is 0 Å². The lowest BCUT2D eigenvalue weighted by atomic mass is 9.99. The molecule has 2 aromatic rings. The third-order valence-electron chi connectivity index (χ3n) is 4.46. The molecular weight excluding hydrogens is 334 g/mol. The highest BCUT2D eigenvalue weighted by molar-refractivity contribution is 6.09. The van der Waals surface area contributed by atoms with Crippen LogP contribution < -0.4 is 19.1 Å². The van der Waals surface area contributed by atoms with Gasteiger partial charge in [0.05, 0.1) is 33.4 Å². The zero-order valence-electron chi connectivity index (χ0n) is 15.1. The van der Waals surface area contributed by atoms with Crippen molar-refractivity contribution in [2.75, 3.05) is 32.8 Å². The molecule has 6 heteroatoms. The first-order valence-corrected chi connectivity index (χ1v) is 8.30. The van der Waals surface area contributed by atoms with Crippen LogP contribution >= 0.6 is 0 Å². The maximum atomic E-state index is 12.9. The molecular formula is C20H21NO5. The molecule has 136 valence electrons. The molecule has 0 bridgehead atoms. The Morgan fingerprint density at radius 1 is 1.00 bits per heavy atom. The summed E-state index contributed by atoms with van der Waals surface area (Å²) in [5.41, 5.74) is 1.98. The Balaban J connectivity index is 1.85. The molecule has 26 heavy (non-hydrogen) atoms. The first kappa shape index (κ1) is 17.8. The molecule has 6 nitrogen and oxygen atoms in total. The summed E-state index contributed by atoms with van der Waals surface area (Å²) in [7, 11) is 4.68. The van der Waals surface area contributed by atoms with Gasteiger partial charge in [-0.05, 0) is 35.9 Å². The van der Waals surface area contributed by atoms with Crippen LogP contribution in [-0.4, -0.2) is 39.6 Å². The minimum Gasteiger partial charge on any atom is -0.497 e. The molecule has 0 saturated carbocycles. The number of anilines is 1. The molecule has 0 radical (unpaired) electrons. The third-order valence-corrected chi connectivity index (χ3v) is 4.46. The molecule has 0 atom stereocenters. The number of amides is 1. The lowest BCUT2D eigenvalue weighted by Crippen LogP contribution is -2.38. The van der Waals surface area contributed by atoms with Crippen molar-refractivity contribution in [3.63, 3.8) is 0 Å². The van der Waals surface area contributed by atoms with E-state index in [-0.39, 0.29) is 18.1 Å². The largest absolute Gasteiger partial charge is 0.497 e. The van der Waals surface area contributed by atoms with Crippen molar-refractivity contribution >= 4 is 17.4 Å². The quantitative estimate of drug-likeness (QED) is 0.825. The number of carbonyl (C=O) groups excluding carboxylic acids is 2. The average Bonchev–Trinajstić information content (AvgIpc) is 2.67. The van der Waals surface area contributed by atoms with Crippen molar-refractivity contribution in [3.05, 3.63) is 47.5 Å². The lowest BCUT2D eigenvalue weighted by Gasteiger charge is -2.29. The fourth-order valence-electron chi connectivity index (χ4n) is 3.09. The number of benzene rings is 2. The number of hydrogen-bond donors (Lipinski definition) is 0. The standard InChI is InChI=1S/C20H21NO5/c1-24-14-5-6-16-15(12-14)17(22)8-9-21(16)20(23)11-13-4-7-18(25-2)19(10-13)26-3/h4-7,10,12H,8-9,11H2,1-3H3. The number of ether oxygens (including phenoxy) is 3. The maximum absolute atomic E-state index is 12.9. The van der Waals surface area contributed by atoms with Gasteiger partial charge in [0.15, 0.2) is 17.3 Å². The zero-order chi connectivity index (χ0) is 18.7. The molecule has 1 heterocycles. The van der Waals surface area contributed by atoms with Gasteiger partial charge in [-0.25, -0.2) is 0 Å². The summed E-state index contributed by atoms with van der Waals surface area (Å²) in [6.07, 6.45) is 0.512. The van der Waals surface area contributed by atoms with Gasteiger partial charge in [-0.15, -0.1) is 0 Å². The minimum atomic E-state index is -0.0730. The number of nitrogens with zero attached hydrogens (tertiary/aromatic N) is 1. The van der Waals surface area contributed by atoms with Gasteiger partial charge in [0.1, 0.15) is 5.75 Å². The molecule has 1 amide bonds. The molecule has 1 aliphatic rings. The zero-order valence-corrected chi connectivity index (χ0v) is 15.1. The Morgan fingerprint density at radius 2 is 1.77 bits per heavy atom. The van der Waals surface area contributed by atoms with Gasteiger partial charge in [0.25, 0.3) is 0 Å². The predicted octanol–water partition coefficient (Wildman–Crippen LogP) is 2.87. The van der Waals surface area contributed by atoms with Crippen LogP contribution in [0.5, 0.6) is 17.2 Å².